The van der Waals surface area contributed by atoms with Crippen molar-refractivity contribution in [2.75, 3.05) is 31.6 Å². The van der Waals surface area contributed by atoms with Gasteiger partial charge in [-0.3, -0.25) is 13.9 Å². The third-order valence-corrected chi connectivity index (χ3v) is 10.1. The van der Waals surface area contributed by atoms with Crippen molar-refractivity contribution in [3.8, 4) is 11.5 Å². The molecule has 1 atom stereocenters. The lowest BCUT2D eigenvalue weighted by Gasteiger charge is -2.34. The van der Waals surface area contributed by atoms with E-state index in [-0.39, 0.29) is 35.2 Å². The molecule has 0 heterocycles. The Morgan fingerprint density at radius 2 is 1.50 bits per heavy atom. The number of anilines is 1. The normalized spacial score (nSPS) is 11.8. The Morgan fingerprint density at radius 3 is 2.12 bits per heavy atom. The molecule has 254 valence electrons. The number of hydrogen-bond acceptors (Lipinski definition) is 6. The van der Waals surface area contributed by atoms with Crippen molar-refractivity contribution >= 4 is 62.3 Å². The summed E-state index contributed by atoms with van der Waals surface area (Å²) in [7, 11) is -1.56. The average Bonchev–Trinajstić information content (AvgIpc) is 3.08. The van der Waals surface area contributed by atoms with E-state index >= 15 is 0 Å². The van der Waals surface area contributed by atoms with Gasteiger partial charge in [-0.05, 0) is 66.1 Å². The van der Waals surface area contributed by atoms with E-state index in [4.69, 9.17) is 44.3 Å². The molecule has 48 heavy (non-hydrogen) atoms. The third-order valence-electron chi connectivity index (χ3n) is 7.51. The minimum Gasteiger partial charge on any atom is -0.493 e. The molecular formula is C35H36Cl3N3O6S. The number of sulfonamides is 1. The van der Waals surface area contributed by atoms with E-state index in [9.17, 15) is 18.0 Å². The lowest BCUT2D eigenvalue weighted by atomic mass is 10.0. The van der Waals surface area contributed by atoms with Crippen LogP contribution in [0.2, 0.25) is 15.1 Å². The summed E-state index contributed by atoms with van der Waals surface area (Å²) in [5.74, 6) is -0.513. The molecule has 0 bridgehead atoms. The van der Waals surface area contributed by atoms with Gasteiger partial charge in [0.15, 0.2) is 11.5 Å². The first-order valence-corrected chi connectivity index (χ1v) is 17.6. The first-order chi connectivity index (χ1) is 23.0. The van der Waals surface area contributed by atoms with E-state index in [1.807, 2.05) is 37.3 Å². The first-order valence-electron chi connectivity index (χ1n) is 15.0. The second-order valence-corrected chi connectivity index (χ2v) is 13.9. The minimum atomic E-state index is -4.40. The molecular weight excluding hydrogens is 697 g/mol. The van der Waals surface area contributed by atoms with Crippen LogP contribution in [0.1, 0.15) is 24.5 Å². The molecule has 13 heteroatoms. The molecule has 4 rings (SSSR count). The van der Waals surface area contributed by atoms with E-state index in [1.165, 1.54) is 61.6 Å². The number of amides is 2. The number of hydrogen-bond donors (Lipinski definition) is 1. The highest BCUT2D eigenvalue weighted by Gasteiger charge is 2.35. The first kappa shape index (κ1) is 36.9. The van der Waals surface area contributed by atoms with Crippen LogP contribution in [0.3, 0.4) is 0 Å². The molecule has 0 aliphatic rings. The van der Waals surface area contributed by atoms with Gasteiger partial charge >= 0.3 is 0 Å². The van der Waals surface area contributed by atoms with Crippen LogP contribution in [0.4, 0.5) is 5.69 Å². The van der Waals surface area contributed by atoms with Crippen molar-refractivity contribution in [2.24, 2.45) is 0 Å². The molecule has 0 aromatic heterocycles. The molecule has 2 amide bonds. The zero-order valence-electron chi connectivity index (χ0n) is 26.7. The maximum absolute atomic E-state index is 14.6. The summed E-state index contributed by atoms with van der Waals surface area (Å²) in [6, 6.07) is 23.3. The number of ether oxygens (including phenoxy) is 2. The fraction of sp³-hybridized carbons (Fsp3) is 0.257. The summed E-state index contributed by atoms with van der Waals surface area (Å²) >= 11 is 18.9. The Bertz CT molecular complexity index is 1830. The zero-order chi connectivity index (χ0) is 34.8. The molecule has 1 N–H and O–H groups in total. The maximum Gasteiger partial charge on any atom is 0.264 e. The minimum absolute atomic E-state index is 0.100. The number of methoxy groups -OCH3 is 2. The summed E-state index contributed by atoms with van der Waals surface area (Å²) in [5.41, 5.74) is 1.51. The van der Waals surface area contributed by atoms with Gasteiger partial charge in [0.1, 0.15) is 12.6 Å². The van der Waals surface area contributed by atoms with Gasteiger partial charge in [-0.15, -0.1) is 0 Å². The molecule has 0 aliphatic carbocycles. The Labute approximate surface area is 296 Å². The van der Waals surface area contributed by atoms with Gasteiger partial charge in [-0.1, -0.05) is 78.1 Å². The Hall–Kier alpha value is -3.96. The fourth-order valence-electron chi connectivity index (χ4n) is 4.99. The smallest absolute Gasteiger partial charge is 0.264 e. The highest BCUT2D eigenvalue weighted by atomic mass is 35.5. The second-order valence-electron chi connectivity index (χ2n) is 10.8. The van der Waals surface area contributed by atoms with Crippen molar-refractivity contribution < 1.29 is 27.5 Å². The van der Waals surface area contributed by atoms with E-state index < -0.39 is 28.5 Å². The van der Waals surface area contributed by atoms with E-state index in [2.05, 4.69) is 5.32 Å². The topological polar surface area (TPSA) is 105 Å². The van der Waals surface area contributed by atoms with Crippen LogP contribution < -0.4 is 19.1 Å². The molecule has 0 radical (unpaired) electrons. The van der Waals surface area contributed by atoms with E-state index in [1.54, 1.807) is 18.2 Å². The number of rotatable bonds is 15. The summed E-state index contributed by atoms with van der Waals surface area (Å²) in [4.78, 5) is 29.6. The number of carbonyl (C=O) groups is 2. The highest BCUT2D eigenvalue weighted by Crippen LogP contribution is 2.33. The lowest BCUT2D eigenvalue weighted by Crippen LogP contribution is -2.53. The predicted octanol–water partition coefficient (Wildman–Crippen LogP) is 7.03. The lowest BCUT2D eigenvalue weighted by molar-refractivity contribution is -0.140. The van der Waals surface area contributed by atoms with Gasteiger partial charge < -0.3 is 19.7 Å². The van der Waals surface area contributed by atoms with Crippen LogP contribution >= 0.6 is 34.8 Å². The Kier molecular flexibility index (Phi) is 13.0. The number of carbonyl (C=O) groups excluding carboxylic acids is 2. The highest BCUT2D eigenvalue weighted by molar-refractivity contribution is 7.92. The molecule has 4 aromatic rings. The summed E-state index contributed by atoms with van der Waals surface area (Å²) in [5, 5.41) is 3.98. The van der Waals surface area contributed by atoms with Crippen LogP contribution in [-0.2, 0) is 32.6 Å². The monoisotopic (exact) mass is 731 g/mol. The van der Waals surface area contributed by atoms with Crippen molar-refractivity contribution in [1.29, 1.82) is 0 Å². The maximum atomic E-state index is 14.6. The molecule has 0 saturated heterocycles. The van der Waals surface area contributed by atoms with Gasteiger partial charge in [0.25, 0.3) is 10.0 Å². The standard InChI is InChI=1S/C35H36Cl3N3O6S/c1-4-18-39-35(43)31(19-24-8-6-5-7-9-24)40(22-25-10-11-27(37)20-30(25)38)34(42)23-41(28-14-12-26(36)13-15-28)48(44,45)29-16-17-32(46-2)33(21-29)47-3/h5-17,20-21,31H,4,18-19,22-23H2,1-3H3,(H,39,43)/t31-/m1/s1. The molecule has 0 spiro atoms. The molecule has 0 unspecified atom stereocenters. The van der Waals surface area contributed by atoms with Crippen LogP contribution in [0.25, 0.3) is 0 Å². The van der Waals surface area contributed by atoms with Gasteiger partial charge in [0.2, 0.25) is 11.8 Å². The van der Waals surface area contributed by atoms with Crippen molar-refractivity contribution in [2.45, 2.75) is 37.2 Å². The second kappa shape index (κ2) is 16.9. The predicted molar refractivity (Wildman–Crippen MR) is 190 cm³/mol. The van der Waals surface area contributed by atoms with Crippen LogP contribution in [0.5, 0.6) is 11.5 Å². The van der Waals surface area contributed by atoms with Crippen LogP contribution in [0, 0.1) is 0 Å². The van der Waals surface area contributed by atoms with Crippen molar-refractivity contribution in [3.05, 3.63) is 117 Å². The number of nitrogens with one attached hydrogen (secondary N) is 1. The van der Waals surface area contributed by atoms with Crippen molar-refractivity contribution in [3.63, 3.8) is 0 Å². The summed E-state index contributed by atoms with van der Waals surface area (Å²) < 4.78 is 40.3. The van der Waals surface area contributed by atoms with Crippen LogP contribution in [0.15, 0.2) is 95.9 Å². The summed E-state index contributed by atoms with van der Waals surface area (Å²) in [6.07, 6.45) is 0.839. The fourth-order valence-corrected chi connectivity index (χ4v) is 7.02. The van der Waals surface area contributed by atoms with Gasteiger partial charge in [0, 0.05) is 40.6 Å². The van der Waals surface area contributed by atoms with Gasteiger partial charge in [-0.25, -0.2) is 8.42 Å². The number of benzene rings is 4. The molecule has 0 aliphatic heterocycles. The van der Waals surface area contributed by atoms with Crippen LogP contribution in [-0.4, -0.2) is 58.5 Å². The van der Waals surface area contributed by atoms with E-state index in [0.717, 1.165) is 9.87 Å². The number of halogens is 3. The largest absolute Gasteiger partial charge is 0.493 e. The SMILES string of the molecule is CCCNC(=O)[C@@H](Cc1ccccc1)N(Cc1ccc(Cl)cc1Cl)C(=O)CN(c1ccc(Cl)cc1)S(=O)(=O)c1ccc(OC)c(OC)c1. The Balaban J connectivity index is 1.83. The van der Waals surface area contributed by atoms with Crippen molar-refractivity contribution in [1.82, 2.24) is 10.2 Å². The Morgan fingerprint density at radius 1 is 0.833 bits per heavy atom. The molecule has 4 aromatic carbocycles. The quantitative estimate of drug-likeness (QED) is 0.141. The molecule has 0 saturated carbocycles. The number of nitrogens with zero attached hydrogens (tertiary/aromatic N) is 2. The van der Waals surface area contributed by atoms with Gasteiger partial charge in [-0.2, -0.15) is 0 Å². The van der Waals surface area contributed by atoms with E-state index in [0.29, 0.717) is 39.3 Å². The zero-order valence-corrected chi connectivity index (χ0v) is 29.7. The summed E-state index contributed by atoms with van der Waals surface area (Å²) in [6.45, 7) is 1.55. The molecule has 9 nitrogen and oxygen atoms in total. The third kappa shape index (κ3) is 9.14. The average molecular weight is 733 g/mol. The molecule has 0 fully saturated rings. The van der Waals surface area contributed by atoms with Gasteiger partial charge in [0.05, 0.1) is 24.8 Å².